The average Bonchev–Trinajstić information content (AvgIpc) is 3.42. The van der Waals surface area contributed by atoms with Crippen LogP contribution in [-0.4, -0.2) is 39.0 Å². The van der Waals surface area contributed by atoms with Gasteiger partial charge in [0.05, 0.1) is 28.8 Å². The van der Waals surface area contributed by atoms with Crippen LogP contribution in [0.15, 0.2) is 46.2 Å². The molecule has 0 bridgehead atoms. The summed E-state index contributed by atoms with van der Waals surface area (Å²) in [6.07, 6.45) is 3.89. The highest BCUT2D eigenvalue weighted by Gasteiger charge is 2.26. The van der Waals surface area contributed by atoms with Crippen LogP contribution in [0.2, 0.25) is 10.0 Å². The molecule has 1 saturated heterocycles. The summed E-state index contributed by atoms with van der Waals surface area (Å²) in [4.78, 5) is 15.1. The van der Waals surface area contributed by atoms with E-state index in [2.05, 4.69) is 27.3 Å². The van der Waals surface area contributed by atoms with E-state index in [1.807, 2.05) is 23.6 Å². The Bertz CT molecular complexity index is 1060. The summed E-state index contributed by atoms with van der Waals surface area (Å²) in [5, 5.41) is 12.9. The minimum Gasteiger partial charge on any atom is -0.467 e. The van der Waals surface area contributed by atoms with Crippen molar-refractivity contribution in [1.82, 2.24) is 14.8 Å². The van der Waals surface area contributed by atoms with Crippen molar-refractivity contribution in [2.24, 2.45) is 5.92 Å². The minimum atomic E-state index is -0.432. The van der Waals surface area contributed by atoms with Crippen molar-refractivity contribution in [1.29, 1.82) is 0 Å². The highest BCUT2D eigenvalue weighted by molar-refractivity contribution is 8.00. The molecule has 1 aliphatic rings. The molecule has 1 fully saturated rings. The molecule has 3 aromatic rings. The third kappa shape index (κ3) is 5.42. The Balaban J connectivity index is 1.53. The second kappa shape index (κ2) is 10.2. The van der Waals surface area contributed by atoms with E-state index in [0.29, 0.717) is 33.4 Å². The van der Waals surface area contributed by atoms with E-state index < -0.39 is 5.25 Å². The molecule has 0 spiro atoms. The predicted octanol–water partition coefficient (Wildman–Crippen LogP) is 5.58. The summed E-state index contributed by atoms with van der Waals surface area (Å²) >= 11 is 13.6. The van der Waals surface area contributed by atoms with Crippen molar-refractivity contribution < 1.29 is 9.21 Å². The first-order valence-electron chi connectivity index (χ1n) is 10.5. The van der Waals surface area contributed by atoms with Gasteiger partial charge in [-0.3, -0.25) is 9.36 Å². The third-order valence-electron chi connectivity index (χ3n) is 5.50. The van der Waals surface area contributed by atoms with Crippen LogP contribution in [0.25, 0.3) is 0 Å². The highest BCUT2D eigenvalue weighted by Crippen LogP contribution is 2.31. The molecule has 0 radical (unpaired) electrons. The maximum Gasteiger partial charge on any atom is 0.237 e. The Labute approximate surface area is 201 Å². The second-order valence-corrected chi connectivity index (χ2v) is 10.1. The lowest BCUT2D eigenvalue weighted by Gasteiger charge is -2.31. The van der Waals surface area contributed by atoms with Gasteiger partial charge in [-0.2, -0.15) is 0 Å². The summed E-state index contributed by atoms with van der Waals surface area (Å²) in [6, 6.07) is 8.75. The van der Waals surface area contributed by atoms with Crippen LogP contribution in [0, 0.1) is 5.92 Å². The molecule has 7 nitrogen and oxygen atoms in total. The SMILES string of the molecule is CC1CCN(c2nnc(SC(C)C(=O)Nc3cc(Cl)ccc3Cl)n2Cc2ccco2)CC1. The van der Waals surface area contributed by atoms with Gasteiger partial charge in [-0.1, -0.05) is 41.9 Å². The lowest BCUT2D eigenvalue weighted by molar-refractivity contribution is -0.115. The number of carbonyl (C=O) groups excluding carboxylic acids is 1. The number of aromatic nitrogens is 3. The number of carbonyl (C=O) groups is 1. The summed E-state index contributed by atoms with van der Waals surface area (Å²) < 4.78 is 7.59. The van der Waals surface area contributed by atoms with E-state index in [1.54, 1.807) is 24.5 Å². The van der Waals surface area contributed by atoms with Gasteiger partial charge >= 0.3 is 0 Å². The van der Waals surface area contributed by atoms with E-state index >= 15 is 0 Å². The van der Waals surface area contributed by atoms with Gasteiger partial charge in [-0.25, -0.2) is 0 Å². The number of rotatable bonds is 7. The van der Waals surface area contributed by atoms with E-state index in [-0.39, 0.29) is 5.91 Å². The Morgan fingerprint density at radius 3 is 2.78 bits per heavy atom. The minimum absolute atomic E-state index is 0.194. The molecule has 3 heterocycles. The van der Waals surface area contributed by atoms with Gasteiger partial charge in [0.1, 0.15) is 5.76 Å². The number of piperidine rings is 1. The lowest BCUT2D eigenvalue weighted by atomic mass is 10.00. The number of hydrogen-bond donors (Lipinski definition) is 1. The average molecular weight is 494 g/mol. The Hall–Kier alpha value is -2.16. The summed E-state index contributed by atoms with van der Waals surface area (Å²) in [5.74, 6) is 2.13. The van der Waals surface area contributed by atoms with Gasteiger partial charge < -0.3 is 14.6 Å². The topological polar surface area (TPSA) is 76.2 Å². The number of halogens is 2. The summed E-state index contributed by atoms with van der Waals surface area (Å²) in [6.45, 7) is 6.47. The Morgan fingerprint density at radius 2 is 2.06 bits per heavy atom. The maximum absolute atomic E-state index is 12.8. The fourth-order valence-electron chi connectivity index (χ4n) is 3.55. The van der Waals surface area contributed by atoms with Crippen molar-refractivity contribution in [3.8, 4) is 0 Å². The van der Waals surface area contributed by atoms with Gasteiger partial charge in [0, 0.05) is 18.1 Å². The number of nitrogens with one attached hydrogen (secondary N) is 1. The lowest BCUT2D eigenvalue weighted by Crippen LogP contribution is -2.35. The van der Waals surface area contributed by atoms with Gasteiger partial charge in [-0.15, -0.1) is 10.2 Å². The highest BCUT2D eigenvalue weighted by atomic mass is 35.5. The smallest absolute Gasteiger partial charge is 0.237 e. The van der Waals surface area contributed by atoms with Crippen LogP contribution in [-0.2, 0) is 11.3 Å². The molecule has 170 valence electrons. The van der Waals surface area contributed by atoms with Gasteiger partial charge in [-0.05, 0) is 56.0 Å². The molecular weight excluding hydrogens is 469 g/mol. The van der Waals surface area contributed by atoms with Crippen LogP contribution < -0.4 is 10.2 Å². The van der Waals surface area contributed by atoms with Crippen LogP contribution in [0.4, 0.5) is 11.6 Å². The number of hydrogen-bond acceptors (Lipinski definition) is 6. The van der Waals surface area contributed by atoms with Crippen molar-refractivity contribution in [2.45, 2.75) is 43.6 Å². The first-order valence-corrected chi connectivity index (χ1v) is 12.2. The van der Waals surface area contributed by atoms with Crippen LogP contribution in [0.5, 0.6) is 0 Å². The zero-order valence-electron chi connectivity index (χ0n) is 17.9. The van der Waals surface area contributed by atoms with Crippen LogP contribution in [0.3, 0.4) is 0 Å². The molecule has 2 aromatic heterocycles. The molecule has 1 aromatic carbocycles. The summed E-state index contributed by atoms with van der Waals surface area (Å²) in [5.41, 5.74) is 0.483. The molecule has 1 amide bonds. The van der Waals surface area contributed by atoms with Gasteiger partial charge in [0.2, 0.25) is 11.9 Å². The van der Waals surface area contributed by atoms with Crippen molar-refractivity contribution in [3.05, 3.63) is 52.4 Å². The maximum atomic E-state index is 12.8. The zero-order chi connectivity index (χ0) is 22.7. The molecule has 1 N–H and O–H groups in total. The molecule has 32 heavy (non-hydrogen) atoms. The quantitative estimate of drug-likeness (QED) is 0.432. The monoisotopic (exact) mass is 493 g/mol. The number of benzene rings is 1. The second-order valence-electron chi connectivity index (χ2n) is 7.99. The molecule has 0 saturated carbocycles. The van der Waals surface area contributed by atoms with Crippen molar-refractivity contribution >= 4 is 52.5 Å². The molecule has 1 aliphatic heterocycles. The third-order valence-corrected chi connectivity index (χ3v) is 7.14. The summed E-state index contributed by atoms with van der Waals surface area (Å²) in [7, 11) is 0. The molecule has 10 heteroatoms. The van der Waals surface area contributed by atoms with E-state index in [9.17, 15) is 4.79 Å². The zero-order valence-corrected chi connectivity index (χ0v) is 20.3. The standard InChI is InChI=1S/C22H25Cl2N5O2S/c1-14-7-9-28(10-8-14)21-26-27-22(29(21)13-17-4-3-11-31-17)32-15(2)20(30)25-19-12-16(23)5-6-18(19)24/h3-6,11-12,14-15H,7-10,13H2,1-2H3,(H,25,30). The molecule has 1 atom stereocenters. The fourth-order valence-corrected chi connectivity index (χ4v) is 4.73. The number of furan rings is 1. The molecule has 4 rings (SSSR count). The number of nitrogens with zero attached hydrogens (tertiary/aromatic N) is 4. The van der Waals surface area contributed by atoms with Crippen molar-refractivity contribution in [2.75, 3.05) is 23.3 Å². The molecule has 0 aliphatic carbocycles. The number of anilines is 2. The fraction of sp³-hybridized carbons (Fsp3) is 0.409. The normalized spacial score (nSPS) is 15.7. The van der Waals surface area contributed by atoms with Crippen LogP contribution >= 0.6 is 35.0 Å². The molecule has 1 unspecified atom stereocenters. The predicted molar refractivity (Wildman–Crippen MR) is 129 cm³/mol. The Kier molecular flexibility index (Phi) is 7.33. The number of thioether (sulfide) groups is 1. The first kappa shape index (κ1) is 23.0. The molecular formula is C22H25Cl2N5O2S. The number of amides is 1. The first-order chi connectivity index (χ1) is 15.4. The Morgan fingerprint density at radius 1 is 1.28 bits per heavy atom. The van der Waals surface area contributed by atoms with E-state index in [0.717, 1.165) is 37.6 Å². The van der Waals surface area contributed by atoms with E-state index in [1.165, 1.54) is 11.8 Å². The largest absolute Gasteiger partial charge is 0.467 e. The van der Waals surface area contributed by atoms with Crippen LogP contribution in [0.1, 0.15) is 32.4 Å². The van der Waals surface area contributed by atoms with Crippen molar-refractivity contribution in [3.63, 3.8) is 0 Å². The van der Waals surface area contributed by atoms with E-state index in [4.69, 9.17) is 27.6 Å². The van der Waals surface area contributed by atoms with Gasteiger partial charge in [0.25, 0.3) is 0 Å². The van der Waals surface area contributed by atoms with Gasteiger partial charge in [0.15, 0.2) is 5.16 Å².